The Bertz CT molecular complexity index is 1170. The van der Waals surface area contributed by atoms with Crippen LogP contribution in [-0.4, -0.2) is 39.2 Å². The maximum atomic E-state index is 13.5. The highest BCUT2D eigenvalue weighted by Crippen LogP contribution is 2.32. The van der Waals surface area contributed by atoms with Crippen LogP contribution in [0.5, 0.6) is 0 Å². The van der Waals surface area contributed by atoms with E-state index in [1.807, 2.05) is 11.5 Å². The second-order valence-corrected chi connectivity index (χ2v) is 9.29. The van der Waals surface area contributed by atoms with Crippen molar-refractivity contribution >= 4 is 11.0 Å². The zero-order valence-electron chi connectivity index (χ0n) is 18.8. The lowest BCUT2D eigenvalue weighted by Crippen LogP contribution is -2.35. The van der Waals surface area contributed by atoms with Gasteiger partial charge in [0.05, 0.1) is 5.69 Å². The maximum Gasteiger partial charge on any atom is 0.256 e. The molecule has 0 amide bonds. The van der Waals surface area contributed by atoms with E-state index in [-0.39, 0.29) is 11.4 Å². The molecule has 0 aliphatic carbocycles. The van der Waals surface area contributed by atoms with Gasteiger partial charge in [-0.05, 0) is 70.7 Å². The van der Waals surface area contributed by atoms with E-state index in [2.05, 4.69) is 10.1 Å². The Labute approximate surface area is 187 Å². The predicted octanol–water partition coefficient (Wildman–Crippen LogP) is 4.37. The number of nitrogens with zero attached hydrogens (tertiary/aromatic N) is 4. The van der Waals surface area contributed by atoms with Gasteiger partial charge in [0.2, 0.25) is 0 Å². The van der Waals surface area contributed by atoms with Gasteiger partial charge in [0.25, 0.3) is 5.56 Å². The molecule has 0 spiro atoms. The standard InChI is InChI=1S/C25H31FN4O2/c1-17-20(25(31)30-13-5-3-7-23(30)27-17)11-15-29-12-4-2-6-18(10-14-29)24-21-9-8-19(26)16-22(21)32-28-24/h8-9,16,18H,2-7,10-15H2,1H3. The molecule has 6 nitrogen and oxygen atoms in total. The van der Waals surface area contributed by atoms with Gasteiger partial charge in [-0.25, -0.2) is 9.37 Å². The van der Waals surface area contributed by atoms with Crippen molar-refractivity contribution in [1.29, 1.82) is 0 Å². The summed E-state index contributed by atoms with van der Waals surface area (Å²) in [7, 11) is 0. The number of aromatic nitrogens is 3. The minimum Gasteiger partial charge on any atom is -0.356 e. The van der Waals surface area contributed by atoms with Crippen LogP contribution in [0.1, 0.15) is 67.2 Å². The number of hydrogen-bond donors (Lipinski definition) is 0. The Hall–Kier alpha value is -2.54. The molecule has 5 rings (SSSR count). The number of aryl methyl sites for hydroxylation is 2. The molecular weight excluding hydrogens is 407 g/mol. The zero-order valence-corrected chi connectivity index (χ0v) is 18.8. The monoisotopic (exact) mass is 438 g/mol. The van der Waals surface area contributed by atoms with Crippen molar-refractivity contribution < 1.29 is 8.91 Å². The highest BCUT2D eigenvalue weighted by atomic mass is 19.1. The first-order chi connectivity index (χ1) is 15.6. The molecule has 3 aromatic rings. The summed E-state index contributed by atoms with van der Waals surface area (Å²) < 4.78 is 20.8. The Morgan fingerprint density at radius 3 is 2.91 bits per heavy atom. The van der Waals surface area contributed by atoms with Crippen molar-refractivity contribution in [3.8, 4) is 0 Å². The van der Waals surface area contributed by atoms with Gasteiger partial charge in [0.1, 0.15) is 11.6 Å². The molecule has 2 aliphatic heterocycles. The van der Waals surface area contributed by atoms with Crippen LogP contribution in [0.3, 0.4) is 0 Å². The van der Waals surface area contributed by atoms with Crippen LogP contribution in [0.15, 0.2) is 27.5 Å². The SMILES string of the molecule is Cc1nc2n(c(=O)c1CCN1CCCCC(c3noc4cc(F)ccc34)CC1)CCCC2. The minimum atomic E-state index is -0.299. The second kappa shape index (κ2) is 9.14. The van der Waals surface area contributed by atoms with Crippen LogP contribution in [0, 0.1) is 12.7 Å². The van der Waals surface area contributed by atoms with Crippen molar-refractivity contribution in [3.05, 3.63) is 57.1 Å². The molecule has 7 heteroatoms. The molecule has 1 fully saturated rings. The number of halogens is 1. The Morgan fingerprint density at radius 1 is 1.12 bits per heavy atom. The summed E-state index contributed by atoms with van der Waals surface area (Å²) in [5.74, 6) is 0.963. The summed E-state index contributed by atoms with van der Waals surface area (Å²) >= 11 is 0. The van der Waals surface area contributed by atoms with Gasteiger partial charge in [-0.3, -0.25) is 9.36 Å². The molecular formula is C25H31FN4O2. The van der Waals surface area contributed by atoms with E-state index in [0.29, 0.717) is 11.5 Å². The lowest BCUT2D eigenvalue weighted by atomic mass is 9.91. The Balaban J connectivity index is 1.27. The summed E-state index contributed by atoms with van der Waals surface area (Å²) in [6.45, 7) is 5.66. The largest absolute Gasteiger partial charge is 0.356 e. The highest BCUT2D eigenvalue weighted by Gasteiger charge is 2.23. The van der Waals surface area contributed by atoms with Gasteiger partial charge in [0, 0.05) is 48.1 Å². The fourth-order valence-electron chi connectivity index (χ4n) is 5.33. The number of fused-ring (bicyclic) bond motifs is 2. The average Bonchev–Trinajstić information content (AvgIpc) is 3.18. The summed E-state index contributed by atoms with van der Waals surface area (Å²) in [6, 6.07) is 4.67. The first-order valence-corrected chi connectivity index (χ1v) is 12.0. The van der Waals surface area contributed by atoms with Gasteiger partial charge in [-0.15, -0.1) is 0 Å². The molecule has 170 valence electrons. The van der Waals surface area contributed by atoms with Gasteiger partial charge in [-0.1, -0.05) is 11.6 Å². The third kappa shape index (κ3) is 4.22. The van der Waals surface area contributed by atoms with Crippen LogP contribution in [0.25, 0.3) is 11.0 Å². The van der Waals surface area contributed by atoms with E-state index < -0.39 is 0 Å². The quantitative estimate of drug-likeness (QED) is 0.605. The summed E-state index contributed by atoms with van der Waals surface area (Å²) in [5, 5.41) is 5.23. The molecule has 2 aliphatic rings. The van der Waals surface area contributed by atoms with Gasteiger partial charge in [0.15, 0.2) is 5.58 Å². The van der Waals surface area contributed by atoms with E-state index in [1.165, 1.54) is 12.1 Å². The zero-order chi connectivity index (χ0) is 22.1. The van der Waals surface area contributed by atoms with E-state index in [4.69, 9.17) is 9.51 Å². The van der Waals surface area contributed by atoms with Crippen LogP contribution < -0.4 is 5.56 Å². The molecule has 32 heavy (non-hydrogen) atoms. The molecule has 1 saturated heterocycles. The number of rotatable bonds is 4. The third-order valence-corrected chi connectivity index (χ3v) is 7.18. The van der Waals surface area contributed by atoms with Crippen LogP contribution in [0.4, 0.5) is 4.39 Å². The Morgan fingerprint density at radius 2 is 2.00 bits per heavy atom. The van der Waals surface area contributed by atoms with E-state index in [9.17, 15) is 9.18 Å². The van der Waals surface area contributed by atoms with Gasteiger partial charge in [-0.2, -0.15) is 0 Å². The first kappa shape index (κ1) is 21.3. The van der Waals surface area contributed by atoms with E-state index >= 15 is 0 Å². The smallest absolute Gasteiger partial charge is 0.256 e. The van der Waals surface area contributed by atoms with Crippen molar-refractivity contribution in [3.63, 3.8) is 0 Å². The fourth-order valence-corrected chi connectivity index (χ4v) is 5.33. The van der Waals surface area contributed by atoms with Crippen LogP contribution in [0.2, 0.25) is 0 Å². The van der Waals surface area contributed by atoms with Gasteiger partial charge >= 0.3 is 0 Å². The normalized spacial score (nSPS) is 20.1. The van der Waals surface area contributed by atoms with Crippen molar-refractivity contribution in [1.82, 2.24) is 19.6 Å². The lowest BCUT2D eigenvalue weighted by molar-refractivity contribution is 0.237. The summed E-state index contributed by atoms with van der Waals surface area (Å²) in [4.78, 5) is 20.3. The van der Waals surface area contributed by atoms with E-state index in [0.717, 1.165) is 106 Å². The van der Waals surface area contributed by atoms with Crippen LogP contribution in [-0.2, 0) is 19.4 Å². The molecule has 1 aromatic carbocycles. The van der Waals surface area contributed by atoms with Crippen molar-refractivity contribution in [2.24, 2.45) is 0 Å². The lowest BCUT2D eigenvalue weighted by Gasteiger charge is -2.28. The third-order valence-electron chi connectivity index (χ3n) is 7.18. The molecule has 1 atom stereocenters. The summed E-state index contributed by atoms with van der Waals surface area (Å²) in [5.41, 5.74) is 3.41. The van der Waals surface area contributed by atoms with Gasteiger partial charge < -0.3 is 9.42 Å². The topological polar surface area (TPSA) is 64.2 Å². The molecule has 2 aromatic heterocycles. The Kier molecular flexibility index (Phi) is 6.09. The number of likely N-dealkylation sites (tertiary alicyclic amines) is 1. The minimum absolute atomic E-state index is 0.165. The second-order valence-electron chi connectivity index (χ2n) is 9.29. The average molecular weight is 439 g/mol. The highest BCUT2D eigenvalue weighted by molar-refractivity contribution is 5.79. The van der Waals surface area contributed by atoms with E-state index in [1.54, 1.807) is 6.07 Å². The molecule has 4 heterocycles. The van der Waals surface area contributed by atoms with Crippen molar-refractivity contribution in [2.45, 2.75) is 70.8 Å². The fraction of sp³-hybridized carbons (Fsp3) is 0.560. The number of benzene rings is 1. The summed E-state index contributed by atoms with van der Waals surface area (Å²) in [6.07, 6.45) is 8.15. The predicted molar refractivity (Wildman–Crippen MR) is 121 cm³/mol. The molecule has 0 bridgehead atoms. The molecule has 1 unspecified atom stereocenters. The number of hydrogen-bond acceptors (Lipinski definition) is 5. The van der Waals surface area contributed by atoms with Crippen LogP contribution >= 0.6 is 0 Å². The molecule has 0 saturated carbocycles. The molecule has 0 N–H and O–H groups in total. The first-order valence-electron chi connectivity index (χ1n) is 12.0. The maximum absolute atomic E-state index is 13.5. The molecule has 0 radical (unpaired) electrons. The van der Waals surface area contributed by atoms with Crippen molar-refractivity contribution in [2.75, 3.05) is 19.6 Å².